The van der Waals surface area contributed by atoms with Crippen LogP contribution >= 0.6 is 0 Å². The maximum Gasteiger partial charge on any atom is 0.348 e. The number of methoxy groups -OCH3 is 1. The number of benzene rings is 1. The summed E-state index contributed by atoms with van der Waals surface area (Å²) in [4.78, 5) is 11.2. The molecule has 19 heavy (non-hydrogen) atoms. The molecule has 4 nitrogen and oxygen atoms in total. The molecule has 0 heterocycles. The molecule has 104 valence electrons. The van der Waals surface area contributed by atoms with Gasteiger partial charge in [0.15, 0.2) is 0 Å². The van der Waals surface area contributed by atoms with E-state index in [4.69, 9.17) is 9.47 Å². The average molecular weight is 264 g/mol. The molecule has 0 saturated heterocycles. The summed E-state index contributed by atoms with van der Waals surface area (Å²) in [6, 6.07) is 5.50. The summed E-state index contributed by atoms with van der Waals surface area (Å²) < 4.78 is 11.0. The number of carboxylic acid groups (broad SMARTS) is 1. The Hall–Kier alpha value is -1.71. The molecule has 0 bridgehead atoms. The molecule has 1 aromatic carbocycles. The molecule has 1 aliphatic carbocycles. The van der Waals surface area contributed by atoms with Crippen LogP contribution in [-0.4, -0.2) is 23.8 Å². The summed E-state index contributed by atoms with van der Waals surface area (Å²) in [5.41, 5.74) is -0.202. The lowest BCUT2D eigenvalue weighted by molar-refractivity contribution is -0.147. The number of hydrogen-bond donors (Lipinski definition) is 1. The molecule has 0 spiro atoms. The Morgan fingerprint density at radius 2 is 1.95 bits per heavy atom. The van der Waals surface area contributed by atoms with Crippen molar-refractivity contribution in [2.75, 3.05) is 7.11 Å². The third kappa shape index (κ3) is 2.67. The van der Waals surface area contributed by atoms with Gasteiger partial charge < -0.3 is 14.6 Å². The van der Waals surface area contributed by atoms with Crippen molar-refractivity contribution in [3.05, 3.63) is 23.8 Å². The van der Waals surface area contributed by atoms with Gasteiger partial charge in [0.05, 0.1) is 7.11 Å². The van der Waals surface area contributed by atoms with Crippen molar-refractivity contribution in [3.63, 3.8) is 0 Å². The molecule has 0 aromatic heterocycles. The fourth-order valence-electron chi connectivity index (χ4n) is 1.99. The maximum absolute atomic E-state index is 11.2. The Morgan fingerprint density at radius 3 is 2.37 bits per heavy atom. The molecule has 1 saturated carbocycles. The second kappa shape index (κ2) is 4.44. The highest BCUT2D eigenvalue weighted by Crippen LogP contribution is 2.44. The molecule has 0 unspecified atom stereocenters. The van der Waals surface area contributed by atoms with Crippen LogP contribution in [0.2, 0.25) is 0 Å². The van der Waals surface area contributed by atoms with Gasteiger partial charge in [0.2, 0.25) is 5.60 Å². The van der Waals surface area contributed by atoms with Gasteiger partial charge in [0.25, 0.3) is 0 Å². The summed E-state index contributed by atoms with van der Waals surface area (Å²) in [7, 11) is 1.61. The average Bonchev–Trinajstić information content (AvgIpc) is 3.09. The van der Waals surface area contributed by atoms with E-state index < -0.39 is 11.6 Å². The van der Waals surface area contributed by atoms with Gasteiger partial charge in [-0.15, -0.1) is 0 Å². The molecular weight excluding hydrogens is 244 g/mol. The first kappa shape index (κ1) is 13.7. The van der Waals surface area contributed by atoms with E-state index in [0.717, 1.165) is 11.3 Å². The van der Waals surface area contributed by atoms with E-state index >= 15 is 0 Å². The van der Waals surface area contributed by atoms with Crippen LogP contribution in [0.3, 0.4) is 0 Å². The number of ether oxygens (including phenoxy) is 2. The van der Waals surface area contributed by atoms with Crippen molar-refractivity contribution in [2.45, 2.75) is 44.6 Å². The van der Waals surface area contributed by atoms with Crippen LogP contribution in [0.25, 0.3) is 0 Å². The lowest BCUT2D eigenvalue weighted by Crippen LogP contribution is -2.30. The molecule has 1 N–H and O–H groups in total. The van der Waals surface area contributed by atoms with Crippen LogP contribution in [0.15, 0.2) is 18.2 Å². The van der Waals surface area contributed by atoms with Crippen LogP contribution in [0, 0.1) is 0 Å². The van der Waals surface area contributed by atoms with E-state index in [-0.39, 0.29) is 5.41 Å². The fraction of sp³-hybridized carbons (Fsp3) is 0.533. The van der Waals surface area contributed by atoms with Crippen molar-refractivity contribution in [3.8, 4) is 11.5 Å². The number of carbonyl (C=O) groups is 1. The summed E-state index contributed by atoms with van der Waals surface area (Å²) in [5, 5.41) is 9.21. The number of rotatable bonds is 4. The van der Waals surface area contributed by atoms with E-state index in [1.807, 2.05) is 6.07 Å². The standard InChI is InChI=1S/C15H20O4/c1-14(2,3)11-9-10(18-4)5-6-12(11)19-15(7-8-15)13(16)17/h5-6,9H,7-8H2,1-4H3,(H,16,17). The van der Waals surface area contributed by atoms with Crippen molar-refractivity contribution >= 4 is 5.97 Å². The first-order valence-electron chi connectivity index (χ1n) is 6.39. The molecule has 1 fully saturated rings. The van der Waals surface area contributed by atoms with E-state index in [2.05, 4.69) is 20.8 Å². The topological polar surface area (TPSA) is 55.8 Å². The van der Waals surface area contributed by atoms with E-state index in [1.165, 1.54) is 0 Å². The summed E-state index contributed by atoms with van der Waals surface area (Å²) in [6.07, 6.45) is 1.13. The van der Waals surface area contributed by atoms with Crippen molar-refractivity contribution in [1.82, 2.24) is 0 Å². The first-order valence-corrected chi connectivity index (χ1v) is 6.39. The first-order chi connectivity index (χ1) is 8.78. The van der Waals surface area contributed by atoms with Crippen LogP contribution in [0.5, 0.6) is 11.5 Å². The fourth-order valence-corrected chi connectivity index (χ4v) is 1.99. The molecule has 0 radical (unpaired) electrons. The number of aliphatic carboxylic acids is 1. The van der Waals surface area contributed by atoms with Crippen LogP contribution in [-0.2, 0) is 10.2 Å². The molecule has 0 aliphatic heterocycles. The highest BCUT2D eigenvalue weighted by atomic mass is 16.5. The van der Waals surface area contributed by atoms with Gasteiger partial charge in [-0.1, -0.05) is 20.8 Å². The van der Waals surface area contributed by atoms with Crippen molar-refractivity contribution in [2.24, 2.45) is 0 Å². The largest absolute Gasteiger partial charge is 0.497 e. The Kier molecular flexibility index (Phi) is 3.20. The summed E-state index contributed by atoms with van der Waals surface area (Å²) >= 11 is 0. The third-order valence-electron chi connectivity index (χ3n) is 3.39. The normalized spacial score (nSPS) is 16.8. The minimum absolute atomic E-state index is 0.140. The van der Waals surface area contributed by atoms with Crippen LogP contribution in [0.1, 0.15) is 39.2 Å². The van der Waals surface area contributed by atoms with Crippen LogP contribution < -0.4 is 9.47 Å². The van der Waals surface area contributed by atoms with Gasteiger partial charge in [-0.25, -0.2) is 4.79 Å². The minimum Gasteiger partial charge on any atom is -0.497 e. The highest BCUT2D eigenvalue weighted by Gasteiger charge is 2.54. The molecule has 1 aromatic rings. The minimum atomic E-state index is -1.02. The molecule has 2 rings (SSSR count). The SMILES string of the molecule is COc1ccc(OC2(C(=O)O)CC2)c(C(C)(C)C)c1. The Bertz CT molecular complexity index is 495. The van der Waals surface area contributed by atoms with Crippen LogP contribution in [0.4, 0.5) is 0 Å². The smallest absolute Gasteiger partial charge is 0.348 e. The molecule has 1 aliphatic rings. The maximum atomic E-state index is 11.2. The molecular formula is C15H20O4. The lowest BCUT2D eigenvalue weighted by Gasteiger charge is -2.25. The predicted octanol–water partition coefficient (Wildman–Crippen LogP) is 2.99. The van der Waals surface area contributed by atoms with Gasteiger partial charge in [-0.05, 0) is 23.6 Å². The van der Waals surface area contributed by atoms with Crippen molar-refractivity contribution < 1.29 is 19.4 Å². The zero-order valence-corrected chi connectivity index (χ0v) is 11.8. The lowest BCUT2D eigenvalue weighted by atomic mass is 9.86. The predicted molar refractivity (Wildman–Crippen MR) is 71.9 cm³/mol. The second-order valence-electron chi connectivity index (χ2n) is 6.01. The quantitative estimate of drug-likeness (QED) is 0.908. The van der Waals surface area contributed by atoms with E-state index in [0.29, 0.717) is 18.6 Å². The molecule has 4 heteroatoms. The van der Waals surface area contributed by atoms with Gasteiger partial charge in [0.1, 0.15) is 11.5 Å². The third-order valence-corrected chi connectivity index (χ3v) is 3.39. The summed E-state index contributed by atoms with van der Waals surface area (Å²) in [5.74, 6) is 0.494. The Labute approximate surface area is 113 Å². The monoisotopic (exact) mass is 264 g/mol. The number of hydrogen-bond acceptors (Lipinski definition) is 3. The Morgan fingerprint density at radius 1 is 1.32 bits per heavy atom. The Balaban J connectivity index is 2.37. The van der Waals surface area contributed by atoms with Gasteiger partial charge in [-0.2, -0.15) is 0 Å². The van der Waals surface area contributed by atoms with Gasteiger partial charge in [0, 0.05) is 18.4 Å². The zero-order valence-electron chi connectivity index (χ0n) is 11.8. The molecule has 0 amide bonds. The van der Waals surface area contributed by atoms with Crippen molar-refractivity contribution in [1.29, 1.82) is 0 Å². The second-order valence-corrected chi connectivity index (χ2v) is 6.01. The molecule has 0 atom stereocenters. The van der Waals surface area contributed by atoms with Gasteiger partial charge >= 0.3 is 5.97 Å². The highest BCUT2D eigenvalue weighted by molar-refractivity contribution is 5.81. The summed E-state index contributed by atoms with van der Waals surface area (Å²) in [6.45, 7) is 6.19. The van der Waals surface area contributed by atoms with E-state index in [1.54, 1.807) is 19.2 Å². The van der Waals surface area contributed by atoms with Gasteiger partial charge in [-0.3, -0.25) is 0 Å². The zero-order chi connectivity index (χ0) is 14.3. The van der Waals surface area contributed by atoms with E-state index in [9.17, 15) is 9.90 Å². The number of carboxylic acids is 1.